The Labute approximate surface area is 110 Å². The molecule has 0 saturated carbocycles. The van der Waals surface area contributed by atoms with Gasteiger partial charge in [0.05, 0.1) is 16.3 Å². The van der Waals surface area contributed by atoms with Gasteiger partial charge in [0.15, 0.2) is 0 Å². The molecule has 0 amide bonds. The smallest absolute Gasteiger partial charge is 0.0639 e. The first kappa shape index (κ1) is 13.8. The summed E-state index contributed by atoms with van der Waals surface area (Å²) in [5, 5.41) is 4.04. The first-order valence-electron chi connectivity index (χ1n) is 5.19. The Kier molecular flexibility index (Phi) is 5.09. The van der Waals surface area contributed by atoms with Crippen LogP contribution in [-0.4, -0.2) is 19.3 Å². The summed E-state index contributed by atoms with van der Waals surface area (Å²) in [4.78, 5) is 0. The van der Waals surface area contributed by atoms with E-state index in [0.717, 1.165) is 28.1 Å². The number of nitrogens with one attached hydrogen (secondary N) is 1. The summed E-state index contributed by atoms with van der Waals surface area (Å²) in [6.45, 7) is 4.96. The minimum absolute atomic E-state index is 0.106. The molecule has 0 fully saturated rings. The third kappa shape index (κ3) is 4.32. The highest BCUT2D eigenvalue weighted by molar-refractivity contribution is 9.10. The Hall–Kier alpha value is -0.250. The number of hydrogen-bond donors (Lipinski definition) is 1. The van der Waals surface area contributed by atoms with Gasteiger partial charge in [-0.25, -0.2) is 0 Å². The fraction of sp³-hybridized carbons (Fsp3) is 0.500. The van der Waals surface area contributed by atoms with Gasteiger partial charge in [-0.1, -0.05) is 27.5 Å². The molecule has 1 aromatic rings. The summed E-state index contributed by atoms with van der Waals surface area (Å²) in [6, 6.07) is 5.77. The van der Waals surface area contributed by atoms with Crippen LogP contribution in [0.5, 0.6) is 0 Å². The van der Waals surface area contributed by atoms with E-state index in [1.165, 1.54) is 0 Å². The highest BCUT2D eigenvalue weighted by Gasteiger charge is 2.15. The predicted molar refractivity (Wildman–Crippen MR) is 73.3 cm³/mol. The summed E-state index contributed by atoms with van der Waals surface area (Å²) in [6.07, 6.45) is 0.923. The molecule has 1 N–H and O–H groups in total. The molecule has 0 aliphatic heterocycles. The highest BCUT2D eigenvalue weighted by Crippen LogP contribution is 2.26. The van der Waals surface area contributed by atoms with Crippen LogP contribution in [0.1, 0.15) is 20.3 Å². The van der Waals surface area contributed by atoms with Crippen molar-refractivity contribution in [1.29, 1.82) is 0 Å². The number of benzene rings is 1. The van der Waals surface area contributed by atoms with Crippen molar-refractivity contribution in [2.45, 2.75) is 25.9 Å². The second kappa shape index (κ2) is 5.89. The van der Waals surface area contributed by atoms with E-state index in [1.54, 1.807) is 7.11 Å². The van der Waals surface area contributed by atoms with Crippen molar-refractivity contribution in [3.63, 3.8) is 0 Å². The van der Waals surface area contributed by atoms with Gasteiger partial charge in [0.25, 0.3) is 0 Å². The Morgan fingerprint density at radius 1 is 1.44 bits per heavy atom. The third-order valence-corrected chi connectivity index (χ3v) is 3.35. The maximum atomic E-state index is 6.07. The topological polar surface area (TPSA) is 21.3 Å². The van der Waals surface area contributed by atoms with E-state index in [-0.39, 0.29) is 5.60 Å². The first-order valence-corrected chi connectivity index (χ1v) is 6.36. The molecule has 0 saturated heterocycles. The normalized spacial score (nSPS) is 11.6. The molecule has 0 aromatic heterocycles. The molecular formula is C12H17BrClNO. The molecule has 0 bridgehead atoms. The van der Waals surface area contributed by atoms with Crippen LogP contribution in [0.25, 0.3) is 0 Å². The van der Waals surface area contributed by atoms with Gasteiger partial charge in [0.1, 0.15) is 0 Å². The van der Waals surface area contributed by atoms with E-state index in [9.17, 15) is 0 Å². The van der Waals surface area contributed by atoms with Crippen molar-refractivity contribution >= 4 is 33.2 Å². The van der Waals surface area contributed by atoms with E-state index in [0.29, 0.717) is 0 Å². The molecule has 1 aromatic carbocycles. The molecule has 90 valence electrons. The van der Waals surface area contributed by atoms with Crippen LogP contribution < -0.4 is 5.32 Å². The van der Waals surface area contributed by atoms with Crippen LogP contribution in [0.3, 0.4) is 0 Å². The maximum Gasteiger partial charge on any atom is 0.0639 e. The Morgan fingerprint density at radius 3 is 2.75 bits per heavy atom. The lowest BCUT2D eigenvalue weighted by molar-refractivity contribution is 0.0185. The molecule has 1 rings (SSSR count). The fourth-order valence-corrected chi connectivity index (χ4v) is 1.78. The Morgan fingerprint density at radius 2 is 2.12 bits per heavy atom. The van der Waals surface area contributed by atoms with Gasteiger partial charge >= 0.3 is 0 Å². The summed E-state index contributed by atoms with van der Waals surface area (Å²) >= 11 is 9.48. The number of anilines is 1. The molecule has 4 heteroatoms. The molecular weight excluding hydrogens is 289 g/mol. The maximum absolute atomic E-state index is 6.07. The van der Waals surface area contributed by atoms with Crippen LogP contribution in [0.15, 0.2) is 22.7 Å². The highest BCUT2D eigenvalue weighted by atomic mass is 79.9. The van der Waals surface area contributed by atoms with Gasteiger partial charge in [-0.3, -0.25) is 0 Å². The minimum Gasteiger partial charge on any atom is -0.384 e. The van der Waals surface area contributed by atoms with Crippen molar-refractivity contribution in [1.82, 2.24) is 0 Å². The molecule has 0 unspecified atom stereocenters. The number of rotatable bonds is 5. The molecule has 0 aliphatic rings. The van der Waals surface area contributed by atoms with Gasteiger partial charge in [-0.15, -0.1) is 0 Å². The van der Waals surface area contributed by atoms with Gasteiger partial charge in [-0.2, -0.15) is 0 Å². The van der Waals surface area contributed by atoms with E-state index in [4.69, 9.17) is 16.3 Å². The minimum atomic E-state index is -0.106. The van der Waals surface area contributed by atoms with Crippen LogP contribution >= 0.6 is 27.5 Å². The van der Waals surface area contributed by atoms with Crippen molar-refractivity contribution in [2.24, 2.45) is 0 Å². The fourth-order valence-electron chi connectivity index (χ4n) is 1.23. The van der Waals surface area contributed by atoms with Crippen molar-refractivity contribution < 1.29 is 4.74 Å². The second-order valence-corrected chi connectivity index (χ2v) is 5.59. The second-order valence-electron chi connectivity index (χ2n) is 4.26. The quantitative estimate of drug-likeness (QED) is 0.874. The summed E-state index contributed by atoms with van der Waals surface area (Å²) in [7, 11) is 1.73. The summed E-state index contributed by atoms with van der Waals surface area (Å²) < 4.78 is 6.37. The monoisotopic (exact) mass is 305 g/mol. The lowest BCUT2D eigenvalue weighted by Gasteiger charge is -2.23. The summed E-state index contributed by atoms with van der Waals surface area (Å²) in [5.41, 5.74) is 0.842. The molecule has 16 heavy (non-hydrogen) atoms. The number of hydrogen-bond acceptors (Lipinski definition) is 2. The summed E-state index contributed by atoms with van der Waals surface area (Å²) in [5.74, 6) is 0. The molecule has 0 heterocycles. The van der Waals surface area contributed by atoms with Gasteiger partial charge in [-0.05, 0) is 38.5 Å². The third-order valence-electron chi connectivity index (χ3n) is 2.52. The largest absolute Gasteiger partial charge is 0.384 e. The average molecular weight is 307 g/mol. The van der Waals surface area contributed by atoms with Gasteiger partial charge in [0, 0.05) is 18.1 Å². The molecule has 2 nitrogen and oxygen atoms in total. The van der Waals surface area contributed by atoms with Gasteiger partial charge < -0.3 is 10.1 Å². The Bertz CT molecular complexity index is 355. The standard InChI is InChI=1S/C12H17BrClNO/c1-12(2,16-3)6-7-15-11-8-9(13)4-5-10(11)14/h4-5,8,15H,6-7H2,1-3H3. The SMILES string of the molecule is COC(C)(C)CCNc1cc(Br)ccc1Cl. The van der Waals surface area contributed by atoms with Crippen LogP contribution in [0.2, 0.25) is 5.02 Å². The van der Waals surface area contributed by atoms with Crippen molar-refractivity contribution in [3.8, 4) is 0 Å². The molecule has 0 radical (unpaired) electrons. The van der Waals surface area contributed by atoms with Crippen LogP contribution in [-0.2, 0) is 4.74 Å². The van der Waals surface area contributed by atoms with Crippen molar-refractivity contribution in [2.75, 3.05) is 19.0 Å². The zero-order valence-electron chi connectivity index (χ0n) is 9.81. The number of methoxy groups -OCH3 is 1. The first-order chi connectivity index (χ1) is 7.44. The van der Waals surface area contributed by atoms with Crippen LogP contribution in [0, 0.1) is 0 Å². The van der Waals surface area contributed by atoms with E-state index in [1.807, 2.05) is 18.2 Å². The van der Waals surface area contributed by atoms with E-state index < -0.39 is 0 Å². The van der Waals surface area contributed by atoms with E-state index in [2.05, 4.69) is 35.1 Å². The molecule has 0 spiro atoms. The molecule has 0 atom stereocenters. The zero-order valence-corrected chi connectivity index (χ0v) is 12.2. The number of halogens is 2. The molecule has 0 aliphatic carbocycles. The lowest BCUT2D eigenvalue weighted by Crippen LogP contribution is -2.25. The van der Waals surface area contributed by atoms with Gasteiger partial charge in [0.2, 0.25) is 0 Å². The van der Waals surface area contributed by atoms with Crippen molar-refractivity contribution in [3.05, 3.63) is 27.7 Å². The average Bonchev–Trinajstić information content (AvgIpc) is 2.23. The number of ether oxygens (including phenoxy) is 1. The Balaban J connectivity index is 2.52. The van der Waals surface area contributed by atoms with E-state index >= 15 is 0 Å². The predicted octanol–water partition coefficient (Wildman–Crippen LogP) is 4.33. The van der Waals surface area contributed by atoms with Crippen LogP contribution in [0.4, 0.5) is 5.69 Å². The zero-order chi connectivity index (χ0) is 12.2. The lowest BCUT2D eigenvalue weighted by atomic mass is 10.1.